The SMILES string of the molecule is CN(C(=O)Cc1ccc2c(c1)OCO2)[C@@H]1CCCC[C@@H]1N1CCCC1. The van der Waals surface area contributed by atoms with Crippen molar-refractivity contribution in [2.75, 3.05) is 26.9 Å². The number of nitrogens with zero attached hydrogens (tertiary/aromatic N) is 2. The van der Waals surface area contributed by atoms with Gasteiger partial charge in [0.25, 0.3) is 0 Å². The molecule has 2 atom stereocenters. The van der Waals surface area contributed by atoms with Crippen molar-refractivity contribution in [1.82, 2.24) is 9.80 Å². The molecule has 0 N–H and O–H groups in total. The van der Waals surface area contributed by atoms with Gasteiger partial charge in [0.15, 0.2) is 11.5 Å². The molecule has 1 saturated heterocycles. The maximum Gasteiger partial charge on any atom is 0.231 e. The van der Waals surface area contributed by atoms with Crippen LogP contribution in [0.2, 0.25) is 0 Å². The first-order chi connectivity index (χ1) is 12.2. The lowest BCUT2D eigenvalue weighted by Crippen LogP contribution is -2.53. The van der Waals surface area contributed by atoms with Crippen LogP contribution in [0.25, 0.3) is 0 Å². The van der Waals surface area contributed by atoms with Crippen LogP contribution in [0, 0.1) is 0 Å². The summed E-state index contributed by atoms with van der Waals surface area (Å²) in [6, 6.07) is 6.71. The van der Waals surface area contributed by atoms with E-state index in [4.69, 9.17) is 9.47 Å². The summed E-state index contributed by atoms with van der Waals surface area (Å²) in [5, 5.41) is 0. The molecule has 2 fully saturated rings. The van der Waals surface area contributed by atoms with Crippen LogP contribution in [-0.2, 0) is 11.2 Å². The summed E-state index contributed by atoms with van der Waals surface area (Å²) in [6.45, 7) is 2.67. The molecule has 0 bridgehead atoms. The van der Waals surface area contributed by atoms with E-state index in [0.29, 0.717) is 18.5 Å². The Hall–Kier alpha value is -1.75. The lowest BCUT2D eigenvalue weighted by molar-refractivity contribution is -0.133. The summed E-state index contributed by atoms with van der Waals surface area (Å²) in [7, 11) is 1.99. The molecule has 2 heterocycles. The average Bonchev–Trinajstić information content (AvgIpc) is 3.32. The highest BCUT2D eigenvalue weighted by Crippen LogP contribution is 2.33. The van der Waals surface area contributed by atoms with Crippen LogP contribution in [0.4, 0.5) is 0 Å². The fraction of sp³-hybridized carbons (Fsp3) is 0.650. The molecule has 136 valence electrons. The monoisotopic (exact) mass is 344 g/mol. The number of ether oxygens (including phenoxy) is 2. The minimum absolute atomic E-state index is 0.204. The quantitative estimate of drug-likeness (QED) is 0.842. The maximum absolute atomic E-state index is 12.9. The minimum atomic E-state index is 0.204. The van der Waals surface area contributed by atoms with E-state index in [1.54, 1.807) is 0 Å². The molecule has 3 aliphatic rings. The first-order valence-corrected chi connectivity index (χ1v) is 9.60. The summed E-state index contributed by atoms with van der Waals surface area (Å²) in [6.07, 6.45) is 7.92. The lowest BCUT2D eigenvalue weighted by Gasteiger charge is -2.42. The third-order valence-corrected chi connectivity index (χ3v) is 5.99. The molecule has 0 aromatic heterocycles. The van der Waals surface area contributed by atoms with Crippen molar-refractivity contribution >= 4 is 5.91 Å². The number of benzene rings is 1. The minimum Gasteiger partial charge on any atom is -0.454 e. The van der Waals surface area contributed by atoms with Crippen molar-refractivity contribution in [3.63, 3.8) is 0 Å². The van der Waals surface area contributed by atoms with Gasteiger partial charge in [-0.3, -0.25) is 9.69 Å². The average molecular weight is 344 g/mol. The van der Waals surface area contributed by atoms with E-state index in [1.165, 1.54) is 45.2 Å². The van der Waals surface area contributed by atoms with Crippen LogP contribution in [0.15, 0.2) is 18.2 Å². The van der Waals surface area contributed by atoms with Crippen molar-refractivity contribution in [3.8, 4) is 11.5 Å². The summed E-state index contributed by atoms with van der Waals surface area (Å²) in [4.78, 5) is 17.5. The van der Waals surface area contributed by atoms with Gasteiger partial charge in [0.05, 0.1) is 6.42 Å². The summed E-state index contributed by atoms with van der Waals surface area (Å²) >= 11 is 0. The number of carbonyl (C=O) groups is 1. The Morgan fingerprint density at radius 2 is 1.88 bits per heavy atom. The van der Waals surface area contributed by atoms with Crippen molar-refractivity contribution < 1.29 is 14.3 Å². The molecule has 5 nitrogen and oxygen atoms in total. The number of hydrogen-bond acceptors (Lipinski definition) is 4. The van der Waals surface area contributed by atoms with Gasteiger partial charge in [-0.2, -0.15) is 0 Å². The van der Waals surface area contributed by atoms with Gasteiger partial charge >= 0.3 is 0 Å². The first-order valence-electron chi connectivity index (χ1n) is 9.60. The molecule has 1 aliphatic carbocycles. The number of likely N-dealkylation sites (N-methyl/N-ethyl adjacent to an activating group) is 1. The van der Waals surface area contributed by atoms with Gasteiger partial charge in [0.2, 0.25) is 12.7 Å². The van der Waals surface area contributed by atoms with Gasteiger partial charge < -0.3 is 14.4 Å². The Labute approximate surface area is 149 Å². The van der Waals surface area contributed by atoms with Gasteiger partial charge in [0, 0.05) is 19.1 Å². The highest BCUT2D eigenvalue weighted by atomic mass is 16.7. The Balaban J connectivity index is 1.43. The van der Waals surface area contributed by atoms with E-state index >= 15 is 0 Å². The zero-order valence-electron chi connectivity index (χ0n) is 15.1. The Bertz CT molecular complexity index is 627. The molecule has 0 radical (unpaired) electrons. The van der Waals surface area contributed by atoms with E-state index in [2.05, 4.69) is 4.90 Å². The Kier molecular flexibility index (Phi) is 4.84. The van der Waals surface area contributed by atoms with Crippen molar-refractivity contribution in [2.45, 2.75) is 57.0 Å². The molecule has 1 aromatic carbocycles. The van der Waals surface area contributed by atoms with Crippen molar-refractivity contribution in [1.29, 1.82) is 0 Å². The smallest absolute Gasteiger partial charge is 0.231 e. The fourth-order valence-corrected chi connectivity index (χ4v) is 4.58. The Morgan fingerprint density at radius 3 is 2.72 bits per heavy atom. The van der Waals surface area contributed by atoms with Crippen LogP contribution >= 0.6 is 0 Å². The molecular weight excluding hydrogens is 316 g/mol. The van der Waals surface area contributed by atoms with Crippen LogP contribution in [0.3, 0.4) is 0 Å². The highest BCUT2D eigenvalue weighted by molar-refractivity contribution is 5.79. The van der Waals surface area contributed by atoms with Crippen LogP contribution in [0.5, 0.6) is 11.5 Å². The zero-order chi connectivity index (χ0) is 17.2. The predicted molar refractivity (Wildman–Crippen MR) is 95.9 cm³/mol. The molecule has 4 rings (SSSR count). The van der Waals surface area contributed by atoms with E-state index in [1.807, 2.05) is 30.1 Å². The second-order valence-electron chi connectivity index (χ2n) is 7.53. The molecule has 1 saturated carbocycles. The van der Waals surface area contributed by atoms with Crippen molar-refractivity contribution in [3.05, 3.63) is 23.8 Å². The number of fused-ring (bicyclic) bond motifs is 1. The number of carbonyl (C=O) groups excluding carboxylic acids is 1. The standard InChI is InChI=1S/C20H28N2O3/c1-21(16-6-2-3-7-17(16)22-10-4-5-11-22)20(23)13-15-8-9-18-19(12-15)25-14-24-18/h8-9,12,16-17H,2-7,10-11,13-14H2,1H3/t16-,17+/m1/s1. The van der Waals surface area contributed by atoms with Crippen LogP contribution in [-0.4, -0.2) is 54.7 Å². The number of likely N-dealkylation sites (tertiary alicyclic amines) is 1. The largest absolute Gasteiger partial charge is 0.454 e. The summed E-state index contributed by atoms with van der Waals surface area (Å²) in [5.41, 5.74) is 0.995. The lowest BCUT2D eigenvalue weighted by atomic mass is 9.88. The second-order valence-corrected chi connectivity index (χ2v) is 7.53. The van der Waals surface area contributed by atoms with Gasteiger partial charge in [-0.1, -0.05) is 18.9 Å². The molecular formula is C20H28N2O3. The normalized spacial score (nSPS) is 26.0. The molecule has 5 heteroatoms. The molecule has 0 unspecified atom stereocenters. The van der Waals surface area contributed by atoms with E-state index in [9.17, 15) is 4.79 Å². The van der Waals surface area contributed by atoms with Gasteiger partial charge in [0.1, 0.15) is 0 Å². The van der Waals surface area contributed by atoms with Crippen LogP contribution < -0.4 is 9.47 Å². The first kappa shape index (κ1) is 16.7. The molecule has 0 spiro atoms. The predicted octanol–water partition coefficient (Wildman–Crippen LogP) is 2.82. The third kappa shape index (κ3) is 3.47. The Morgan fingerprint density at radius 1 is 1.12 bits per heavy atom. The zero-order valence-corrected chi connectivity index (χ0v) is 15.1. The van der Waals surface area contributed by atoms with Gasteiger partial charge in [-0.15, -0.1) is 0 Å². The van der Waals surface area contributed by atoms with E-state index in [-0.39, 0.29) is 12.7 Å². The summed E-state index contributed by atoms with van der Waals surface area (Å²) < 4.78 is 10.8. The van der Waals surface area contributed by atoms with Gasteiger partial charge in [-0.25, -0.2) is 0 Å². The molecule has 2 aliphatic heterocycles. The summed E-state index contributed by atoms with van der Waals surface area (Å²) in [5.74, 6) is 1.72. The number of rotatable bonds is 4. The number of amides is 1. The number of hydrogen-bond donors (Lipinski definition) is 0. The van der Waals surface area contributed by atoms with E-state index < -0.39 is 0 Å². The maximum atomic E-state index is 12.9. The van der Waals surface area contributed by atoms with Crippen molar-refractivity contribution in [2.24, 2.45) is 0 Å². The molecule has 1 aromatic rings. The van der Waals surface area contributed by atoms with E-state index in [0.717, 1.165) is 23.5 Å². The van der Waals surface area contributed by atoms with Gasteiger partial charge in [-0.05, 0) is 56.5 Å². The van der Waals surface area contributed by atoms with Crippen LogP contribution in [0.1, 0.15) is 44.1 Å². The second kappa shape index (κ2) is 7.24. The fourth-order valence-electron chi connectivity index (χ4n) is 4.58. The topological polar surface area (TPSA) is 42.0 Å². The third-order valence-electron chi connectivity index (χ3n) is 5.99. The molecule has 1 amide bonds. The molecule has 25 heavy (non-hydrogen) atoms. The highest BCUT2D eigenvalue weighted by Gasteiger charge is 2.35.